The SMILES string of the molecule is CCCN(C)C(=O)c1cc(C#CCO)ccc1C. The van der Waals surface area contributed by atoms with E-state index < -0.39 is 0 Å². The third-order valence-corrected chi connectivity index (χ3v) is 2.69. The molecule has 0 bridgehead atoms. The van der Waals surface area contributed by atoms with Crippen molar-refractivity contribution in [3.8, 4) is 11.8 Å². The van der Waals surface area contributed by atoms with E-state index in [0.717, 1.165) is 24.1 Å². The van der Waals surface area contributed by atoms with Gasteiger partial charge in [0.25, 0.3) is 5.91 Å². The maximum atomic E-state index is 12.2. The van der Waals surface area contributed by atoms with Crippen LogP contribution in [0.15, 0.2) is 18.2 Å². The first kappa shape index (κ1) is 14.3. The first-order valence-electron chi connectivity index (χ1n) is 6.06. The average molecular weight is 245 g/mol. The fourth-order valence-electron chi connectivity index (χ4n) is 1.71. The number of nitrogens with zero attached hydrogens (tertiary/aromatic N) is 1. The number of amides is 1. The zero-order valence-electron chi connectivity index (χ0n) is 11.2. The summed E-state index contributed by atoms with van der Waals surface area (Å²) in [5.41, 5.74) is 2.37. The molecule has 0 saturated heterocycles. The van der Waals surface area contributed by atoms with Crippen LogP contribution in [0.4, 0.5) is 0 Å². The lowest BCUT2D eigenvalue weighted by Gasteiger charge is -2.17. The minimum atomic E-state index is -0.174. The van der Waals surface area contributed by atoms with E-state index in [2.05, 4.69) is 11.8 Å². The number of benzene rings is 1. The molecule has 1 amide bonds. The van der Waals surface area contributed by atoms with E-state index in [1.54, 1.807) is 18.0 Å². The van der Waals surface area contributed by atoms with E-state index in [4.69, 9.17) is 5.11 Å². The zero-order valence-corrected chi connectivity index (χ0v) is 11.2. The smallest absolute Gasteiger partial charge is 0.253 e. The minimum absolute atomic E-state index is 0.0157. The standard InChI is InChI=1S/C15H19NO2/c1-4-9-16(3)15(18)14-11-13(6-5-10-17)8-7-12(14)2/h7-8,11,17H,4,9-10H2,1-3H3. The Hall–Kier alpha value is -1.79. The molecule has 0 atom stereocenters. The van der Waals surface area contributed by atoms with Crippen LogP contribution in [0, 0.1) is 18.8 Å². The van der Waals surface area contributed by atoms with Gasteiger partial charge in [-0.25, -0.2) is 0 Å². The highest BCUT2D eigenvalue weighted by atomic mass is 16.2. The first-order valence-corrected chi connectivity index (χ1v) is 6.06. The molecule has 0 aliphatic heterocycles. The second-order valence-electron chi connectivity index (χ2n) is 4.22. The lowest BCUT2D eigenvalue weighted by atomic mass is 10.0. The van der Waals surface area contributed by atoms with Gasteiger partial charge in [0, 0.05) is 24.7 Å². The predicted octanol–water partition coefficient (Wildman–Crippen LogP) is 1.82. The van der Waals surface area contributed by atoms with Crippen molar-refractivity contribution in [1.29, 1.82) is 0 Å². The zero-order chi connectivity index (χ0) is 13.5. The van der Waals surface area contributed by atoms with Gasteiger partial charge in [-0.15, -0.1) is 0 Å². The molecule has 0 heterocycles. The maximum Gasteiger partial charge on any atom is 0.253 e. The van der Waals surface area contributed by atoms with Crippen molar-refractivity contribution in [1.82, 2.24) is 4.90 Å². The lowest BCUT2D eigenvalue weighted by Crippen LogP contribution is -2.28. The van der Waals surface area contributed by atoms with Gasteiger partial charge >= 0.3 is 0 Å². The highest BCUT2D eigenvalue weighted by Gasteiger charge is 2.13. The molecular formula is C15H19NO2. The molecule has 1 rings (SSSR count). The van der Waals surface area contributed by atoms with E-state index >= 15 is 0 Å². The van der Waals surface area contributed by atoms with E-state index in [1.165, 1.54) is 0 Å². The second kappa shape index (κ2) is 6.83. The van der Waals surface area contributed by atoms with Crippen molar-refractivity contribution in [3.63, 3.8) is 0 Å². The molecule has 1 aromatic rings. The highest BCUT2D eigenvalue weighted by molar-refractivity contribution is 5.95. The first-order chi connectivity index (χ1) is 8.60. The molecule has 0 aliphatic carbocycles. The van der Waals surface area contributed by atoms with Crippen molar-refractivity contribution in [2.24, 2.45) is 0 Å². The quantitative estimate of drug-likeness (QED) is 0.825. The monoisotopic (exact) mass is 245 g/mol. The van der Waals surface area contributed by atoms with Crippen LogP contribution in [0.2, 0.25) is 0 Å². The Labute approximate surface area is 108 Å². The molecule has 3 nitrogen and oxygen atoms in total. The molecule has 0 radical (unpaired) electrons. The summed E-state index contributed by atoms with van der Waals surface area (Å²) in [6.07, 6.45) is 0.936. The second-order valence-corrected chi connectivity index (χ2v) is 4.22. The van der Waals surface area contributed by atoms with Crippen LogP contribution >= 0.6 is 0 Å². The lowest BCUT2D eigenvalue weighted by molar-refractivity contribution is 0.0794. The van der Waals surface area contributed by atoms with E-state index in [1.807, 2.05) is 26.0 Å². The average Bonchev–Trinajstić information content (AvgIpc) is 2.37. The van der Waals surface area contributed by atoms with Crippen LogP contribution in [0.5, 0.6) is 0 Å². The number of hydrogen-bond donors (Lipinski definition) is 1. The molecule has 96 valence electrons. The summed E-state index contributed by atoms with van der Waals surface area (Å²) >= 11 is 0. The van der Waals surface area contributed by atoms with Gasteiger partial charge in [-0.1, -0.05) is 24.8 Å². The summed E-state index contributed by atoms with van der Waals surface area (Å²) in [6, 6.07) is 5.52. The Morgan fingerprint density at radius 3 is 2.78 bits per heavy atom. The minimum Gasteiger partial charge on any atom is -0.384 e. The Morgan fingerprint density at radius 2 is 2.17 bits per heavy atom. The third-order valence-electron chi connectivity index (χ3n) is 2.69. The maximum absolute atomic E-state index is 12.2. The van der Waals surface area contributed by atoms with Gasteiger partial charge in [-0.2, -0.15) is 0 Å². The summed E-state index contributed by atoms with van der Waals surface area (Å²) in [5.74, 6) is 5.42. The fourth-order valence-corrected chi connectivity index (χ4v) is 1.71. The molecule has 0 aromatic heterocycles. The Balaban J connectivity index is 3.03. The van der Waals surface area contributed by atoms with Crippen molar-refractivity contribution in [2.75, 3.05) is 20.2 Å². The van der Waals surface area contributed by atoms with Crippen LogP contribution in [0.1, 0.15) is 34.8 Å². The van der Waals surface area contributed by atoms with Crippen molar-refractivity contribution < 1.29 is 9.90 Å². The summed E-state index contributed by atoms with van der Waals surface area (Å²) in [5, 5.41) is 8.67. The molecule has 0 fully saturated rings. The number of rotatable bonds is 3. The molecule has 0 unspecified atom stereocenters. The van der Waals surface area contributed by atoms with Crippen LogP contribution in [0.3, 0.4) is 0 Å². The molecule has 3 heteroatoms. The summed E-state index contributed by atoms with van der Waals surface area (Å²) in [4.78, 5) is 13.9. The Kier molecular flexibility index (Phi) is 5.41. The molecule has 18 heavy (non-hydrogen) atoms. The van der Waals surface area contributed by atoms with E-state index in [-0.39, 0.29) is 12.5 Å². The van der Waals surface area contributed by atoms with Gasteiger partial charge in [0.2, 0.25) is 0 Å². The Bertz CT molecular complexity index is 483. The van der Waals surface area contributed by atoms with Crippen LogP contribution in [-0.2, 0) is 0 Å². The molecular weight excluding hydrogens is 226 g/mol. The van der Waals surface area contributed by atoms with E-state index in [9.17, 15) is 4.79 Å². The summed E-state index contributed by atoms with van der Waals surface area (Å²) < 4.78 is 0. The van der Waals surface area contributed by atoms with Gasteiger partial charge in [-0.3, -0.25) is 4.79 Å². The van der Waals surface area contributed by atoms with Crippen LogP contribution in [-0.4, -0.2) is 36.1 Å². The van der Waals surface area contributed by atoms with Crippen molar-refractivity contribution in [3.05, 3.63) is 34.9 Å². The van der Waals surface area contributed by atoms with E-state index in [0.29, 0.717) is 5.56 Å². The van der Waals surface area contributed by atoms with Gasteiger partial charge in [0.05, 0.1) is 0 Å². The number of carbonyl (C=O) groups is 1. The third kappa shape index (κ3) is 3.61. The van der Waals surface area contributed by atoms with Gasteiger partial charge in [0.1, 0.15) is 6.61 Å². The molecule has 0 aliphatic rings. The Morgan fingerprint density at radius 1 is 1.44 bits per heavy atom. The molecule has 0 saturated carbocycles. The van der Waals surface area contributed by atoms with Gasteiger partial charge < -0.3 is 10.0 Å². The number of aliphatic hydroxyl groups is 1. The summed E-state index contributed by atoms with van der Waals surface area (Å²) in [6.45, 7) is 4.52. The van der Waals surface area contributed by atoms with Gasteiger partial charge in [0.15, 0.2) is 0 Å². The molecule has 1 aromatic carbocycles. The number of aliphatic hydroxyl groups excluding tert-OH is 1. The largest absolute Gasteiger partial charge is 0.384 e. The summed E-state index contributed by atoms with van der Waals surface area (Å²) in [7, 11) is 1.80. The predicted molar refractivity (Wildman–Crippen MR) is 72.4 cm³/mol. The highest BCUT2D eigenvalue weighted by Crippen LogP contribution is 2.13. The van der Waals surface area contributed by atoms with Gasteiger partial charge in [-0.05, 0) is 31.0 Å². The fraction of sp³-hybridized carbons (Fsp3) is 0.400. The number of hydrogen-bond acceptors (Lipinski definition) is 2. The van der Waals surface area contributed by atoms with Crippen LogP contribution in [0.25, 0.3) is 0 Å². The number of carbonyl (C=O) groups excluding carboxylic acids is 1. The van der Waals surface area contributed by atoms with Crippen LogP contribution < -0.4 is 0 Å². The molecule has 0 spiro atoms. The molecule has 1 N–H and O–H groups in total. The van der Waals surface area contributed by atoms with Crippen molar-refractivity contribution in [2.45, 2.75) is 20.3 Å². The number of aryl methyl sites for hydroxylation is 1. The topological polar surface area (TPSA) is 40.5 Å². The normalized spacial score (nSPS) is 9.56. The van der Waals surface area contributed by atoms with Crippen molar-refractivity contribution >= 4 is 5.91 Å².